The van der Waals surface area contributed by atoms with Gasteiger partial charge in [-0.05, 0) is 42.9 Å². The second-order valence-corrected chi connectivity index (χ2v) is 6.04. The summed E-state index contributed by atoms with van der Waals surface area (Å²) in [6.07, 6.45) is 4.03. The van der Waals surface area contributed by atoms with Crippen molar-refractivity contribution >= 4 is 6.09 Å². The molecule has 1 aromatic carbocycles. The molecule has 120 valence electrons. The molecule has 1 aromatic rings. The second kappa shape index (κ2) is 6.57. The Morgan fingerprint density at radius 2 is 2.18 bits per heavy atom. The van der Waals surface area contributed by atoms with E-state index in [2.05, 4.69) is 17.4 Å². The van der Waals surface area contributed by atoms with E-state index >= 15 is 0 Å². The third-order valence-corrected chi connectivity index (χ3v) is 4.74. The molecule has 5 nitrogen and oxygen atoms in total. The summed E-state index contributed by atoms with van der Waals surface area (Å²) < 4.78 is 10.3. The van der Waals surface area contributed by atoms with Gasteiger partial charge < -0.3 is 19.7 Å². The first-order valence-corrected chi connectivity index (χ1v) is 7.97. The predicted octanol–water partition coefficient (Wildman–Crippen LogP) is 2.50. The number of benzene rings is 1. The van der Waals surface area contributed by atoms with Gasteiger partial charge in [0.15, 0.2) is 0 Å². The number of fused-ring (bicyclic) bond motifs is 1. The molecule has 1 fully saturated rings. The molecule has 0 unspecified atom stereocenters. The van der Waals surface area contributed by atoms with Gasteiger partial charge in [0.1, 0.15) is 5.75 Å². The Kier molecular flexibility index (Phi) is 4.52. The van der Waals surface area contributed by atoms with Crippen molar-refractivity contribution in [3.63, 3.8) is 0 Å². The Bertz CT molecular complexity index is 547. The van der Waals surface area contributed by atoms with E-state index in [0.717, 1.165) is 44.5 Å². The van der Waals surface area contributed by atoms with E-state index in [1.807, 2.05) is 6.07 Å². The molecule has 0 aromatic heterocycles. The van der Waals surface area contributed by atoms with E-state index in [0.29, 0.717) is 12.1 Å². The van der Waals surface area contributed by atoms with Crippen molar-refractivity contribution in [2.45, 2.75) is 37.8 Å². The van der Waals surface area contributed by atoms with Gasteiger partial charge >= 0.3 is 6.09 Å². The zero-order valence-corrected chi connectivity index (χ0v) is 13.3. The second-order valence-electron chi connectivity index (χ2n) is 6.04. The quantitative estimate of drug-likeness (QED) is 0.932. The fourth-order valence-corrected chi connectivity index (χ4v) is 3.68. The highest BCUT2D eigenvalue weighted by Gasteiger charge is 2.30. The summed E-state index contributed by atoms with van der Waals surface area (Å²) in [6, 6.07) is 6.95. The Morgan fingerprint density at radius 3 is 2.95 bits per heavy atom. The molecule has 0 saturated carbocycles. The van der Waals surface area contributed by atoms with Crippen LogP contribution < -0.4 is 10.1 Å². The van der Waals surface area contributed by atoms with Gasteiger partial charge in [-0.2, -0.15) is 0 Å². The van der Waals surface area contributed by atoms with E-state index < -0.39 is 0 Å². The highest BCUT2D eigenvalue weighted by molar-refractivity contribution is 5.67. The number of hydrogen-bond donors (Lipinski definition) is 1. The van der Waals surface area contributed by atoms with Crippen LogP contribution in [0.2, 0.25) is 0 Å². The number of nitrogens with one attached hydrogen (secondary N) is 1. The highest BCUT2D eigenvalue weighted by atomic mass is 16.5. The normalized spacial score (nSPS) is 24.0. The average Bonchev–Trinajstić information content (AvgIpc) is 2.97. The number of carbonyl (C=O) groups is 1. The number of carbonyl (C=O) groups excluding carboxylic acids is 1. The van der Waals surface area contributed by atoms with E-state index in [4.69, 9.17) is 9.47 Å². The van der Waals surface area contributed by atoms with Crippen LogP contribution >= 0.6 is 0 Å². The molecule has 1 heterocycles. The number of amides is 1. The molecule has 2 atom stereocenters. The molecule has 0 bridgehead atoms. The maximum absolute atomic E-state index is 11.7. The number of ether oxygens (including phenoxy) is 2. The number of likely N-dealkylation sites (tertiary alicyclic amines) is 1. The molecule has 0 spiro atoms. The molecule has 2 aliphatic rings. The smallest absolute Gasteiger partial charge is 0.409 e. The lowest BCUT2D eigenvalue weighted by molar-refractivity contribution is 0.106. The van der Waals surface area contributed by atoms with Crippen LogP contribution in [0.4, 0.5) is 4.79 Å². The van der Waals surface area contributed by atoms with Crippen LogP contribution in [0.5, 0.6) is 5.75 Å². The van der Waals surface area contributed by atoms with Gasteiger partial charge in [0, 0.05) is 25.2 Å². The lowest BCUT2D eigenvalue weighted by atomic mass is 10.0. The standard InChI is InChI=1S/C17H24N2O3/c1-21-16-7-3-6-13-14(16)8-9-15(13)18-12-5-4-10-19(11-12)17(20)22-2/h3,6-7,12,15,18H,4-5,8-11H2,1-2H3/t12-,15-/m0/s1. The number of nitrogens with zero attached hydrogens (tertiary/aromatic N) is 1. The maximum Gasteiger partial charge on any atom is 0.409 e. The number of hydrogen-bond acceptors (Lipinski definition) is 4. The minimum Gasteiger partial charge on any atom is -0.496 e. The Hall–Kier alpha value is -1.75. The van der Waals surface area contributed by atoms with E-state index in [1.165, 1.54) is 18.2 Å². The van der Waals surface area contributed by atoms with Crippen molar-refractivity contribution in [1.82, 2.24) is 10.2 Å². The zero-order chi connectivity index (χ0) is 15.5. The fraction of sp³-hybridized carbons (Fsp3) is 0.588. The van der Waals surface area contributed by atoms with Crippen molar-refractivity contribution in [1.29, 1.82) is 0 Å². The minimum atomic E-state index is -0.222. The van der Waals surface area contributed by atoms with Crippen molar-refractivity contribution in [2.75, 3.05) is 27.3 Å². The maximum atomic E-state index is 11.7. The first kappa shape index (κ1) is 15.2. The molecular weight excluding hydrogens is 280 g/mol. The van der Waals surface area contributed by atoms with Crippen molar-refractivity contribution < 1.29 is 14.3 Å². The van der Waals surface area contributed by atoms with Gasteiger partial charge in [0.05, 0.1) is 14.2 Å². The topological polar surface area (TPSA) is 50.8 Å². The molecule has 0 radical (unpaired) electrons. The van der Waals surface area contributed by atoms with Crippen LogP contribution in [0.15, 0.2) is 18.2 Å². The lowest BCUT2D eigenvalue weighted by Crippen LogP contribution is -2.48. The van der Waals surface area contributed by atoms with Gasteiger partial charge in [-0.1, -0.05) is 12.1 Å². The molecule has 3 rings (SSSR count). The molecule has 5 heteroatoms. The summed E-state index contributed by atoms with van der Waals surface area (Å²) in [4.78, 5) is 13.5. The van der Waals surface area contributed by atoms with E-state index in [9.17, 15) is 4.79 Å². The average molecular weight is 304 g/mol. The molecule has 1 aliphatic heterocycles. The first-order chi connectivity index (χ1) is 10.7. The van der Waals surface area contributed by atoms with Crippen LogP contribution in [0.25, 0.3) is 0 Å². The van der Waals surface area contributed by atoms with Crippen molar-refractivity contribution in [2.24, 2.45) is 0 Å². The van der Waals surface area contributed by atoms with Gasteiger partial charge in [0.2, 0.25) is 0 Å². The number of methoxy groups -OCH3 is 2. The lowest BCUT2D eigenvalue weighted by Gasteiger charge is -2.34. The third-order valence-electron chi connectivity index (χ3n) is 4.74. The van der Waals surface area contributed by atoms with Crippen LogP contribution in [0.1, 0.15) is 36.4 Å². The van der Waals surface area contributed by atoms with Gasteiger partial charge in [-0.3, -0.25) is 0 Å². The number of piperidine rings is 1. The van der Waals surface area contributed by atoms with E-state index in [-0.39, 0.29) is 6.09 Å². The first-order valence-electron chi connectivity index (χ1n) is 7.97. The van der Waals surface area contributed by atoms with Gasteiger partial charge in [-0.25, -0.2) is 4.79 Å². The summed E-state index contributed by atoms with van der Waals surface area (Å²) in [6.45, 7) is 1.52. The Labute approximate surface area is 131 Å². The minimum absolute atomic E-state index is 0.222. The summed E-state index contributed by atoms with van der Waals surface area (Å²) in [7, 11) is 3.17. The highest BCUT2D eigenvalue weighted by Crippen LogP contribution is 2.37. The van der Waals surface area contributed by atoms with Crippen molar-refractivity contribution in [3.05, 3.63) is 29.3 Å². The Balaban J connectivity index is 1.67. The van der Waals surface area contributed by atoms with Crippen molar-refractivity contribution in [3.8, 4) is 5.75 Å². The number of rotatable bonds is 3. The van der Waals surface area contributed by atoms with Gasteiger partial charge in [0.25, 0.3) is 0 Å². The SMILES string of the molecule is COC(=O)N1CCC[C@H](N[C@H]2CCc3c(OC)cccc32)C1. The molecule has 1 N–H and O–H groups in total. The molecular formula is C17H24N2O3. The van der Waals surface area contributed by atoms with Crippen LogP contribution in [-0.2, 0) is 11.2 Å². The molecule has 1 aliphatic carbocycles. The summed E-state index contributed by atoms with van der Waals surface area (Å²) in [5, 5.41) is 3.73. The summed E-state index contributed by atoms with van der Waals surface area (Å²) in [5.41, 5.74) is 2.66. The van der Waals surface area contributed by atoms with Crippen LogP contribution in [0, 0.1) is 0 Å². The Morgan fingerprint density at radius 1 is 1.32 bits per heavy atom. The predicted molar refractivity (Wildman–Crippen MR) is 84.2 cm³/mol. The molecule has 22 heavy (non-hydrogen) atoms. The summed E-state index contributed by atoms with van der Waals surface area (Å²) >= 11 is 0. The largest absolute Gasteiger partial charge is 0.496 e. The van der Waals surface area contributed by atoms with Crippen LogP contribution in [0.3, 0.4) is 0 Å². The zero-order valence-electron chi connectivity index (χ0n) is 13.3. The third kappa shape index (κ3) is 2.90. The fourth-order valence-electron chi connectivity index (χ4n) is 3.68. The monoisotopic (exact) mass is 304 g/mol. The van der Waals surface area contributed by atoms with Gasteiger partial charge in [-0.15, -0.1) is 0 Å². The molecule has 1 saturated heterocycles. The summed E-state index contributed by atoms with van der Waals surface area (Å²) in [5.74, 6) is 0.988. The van der Waals surface area contributed by atoms with Crippen LogP contribution in [-0.4, -0.2) is 44.3 Å². The van der Waals surface area contributed by atoms with E-state index in [1.54, 1.807) is 12.0 Å². The molecule has 1 amide bonds.